The van der Waals surface area contributed by atoms with Gasteiger partial charge >= 0.3 is 6.18 Å². The second-order valence-corrected chi connectivity index (χ2v) is 2.31. The Hall–Kier alpha value is -1.33. The summed E-state index contributed by atoms with van der Waals surface area (Å²) in [6, 6.07) is 0.792. The highest BCUT2D eigenvalue weighted by molar-refractivity contribution is 5.26. The van der Waals surface area contributed by atoms with Gasteiger partial charge in [-0.25, -0.2) is 4.57 Å². The van der Waals surface area contributed by atoms with Crippen LogP contribution >= 0.6 is 0 Å². The van der Waals surface area contributed by atoms with Gasteiger partial charge in [0.25, 0.3) is 6.33 Å². The zero-order valence-electron chi connectivity index (χ0n) is 6.26. The number of halogens is 3. The van der Waals surface area contributed by atoms with Crippen LogP contribution in [0.1, 0.15) is 5.69 Å². The molecule has 3 nitrogen and oxygen atoms in total. The Morgan fingerprint density at radius 3 is 2.50 bits per heavy atom. The molecule has 0 bridgehead atoms. The van der Waals surface area contributed by atoms with Crippen LogP contribution in [0, 0.1) is 0 Å². The quantitative estimate of drug-likeness (QED) is 0.588. The van der Waals surface area contributed by atoms with Crippen LogP contribution in [0.3, 0.4) is 0 Å². The minimum atomic E-state index is -4.38. The molecule has 6 heteroatoms. The largest absolute Gasteiger partial charge is 0.453 e. The molecule has 0 radical (unpaired) electrons. The molecule has 0 aliphatic rings. The lowest BCUT2D eigenvalue weighted by Gasteiger charge is -2.05. The van der Waals surface area contributed by atoms with E-state index in [2.05, 4.69) is 4.98 Å². The Bertz CT molecular complexity index is 295. The van der Waals surface area contributed by atoms with Crippen molar-refractivity contribution in [3.8, 4) is 0 Å². The minimum Gasteiger partial charge on any atom is -0.363 e. The molecule has 0 unspecified atom stereocenters. The lowest BCUT2D eigenvalue weighted by molar-refractivity contribution is -0.693. The van der Waals surface area contributed by atoms with E-state index in [-0.39, 0.29) is 5.82 Å². The molecule has 12 heavy (non-hydrogen) atoms. The van der Waals surface area contributed by atoms with E-state index >= 15 is 0 Å². The fourth-order valence-electron chi connectivity index (χ4n) is 0.776. The van der Waals surface area contributed by atoms with Crippen molar-refractivity contribution in [2.24, 2.45) is 7.05 Å². The highest BCUT2D eigenvalue weighted by Crippen LogP contribution is 2.26. The number of rotatable bonds is 0. The number of anilines is 1. The molecule has 0 atom stereocenters. The molecule has 0 aliphatic heterocycles. The number of nitrogen functional groups attached to an aromatic ring is 1. The van der Waals surface area contributed by atoms with Gasteiger partial charge in [0, 0.05) is 0 Å². The predicted octanol–water partition coefficient (Wildman–Crippen LogP) is 0.507. The van der Waals surface area contributed by atoms with Crippen LogP contribution in [-0.4, -0.2) is 4.98 Å². The van der Waals surface area contributed by atoms with Crippen LogP contribution in [-0.2, 0) is 13.2 Å². The fraction of sp³-hybridized carbons (Fsp3) is 0.333. The molecule has 1 aromatic rings. The number of nitrogens with two attached hydrogens (primary N) is 1. The third-order valence-corrected chi connectivity index (χ3v) is 1.34. The van der Waals surface area contributed by atoms with Gasteiger partial charge < -0.3 is 5.73 Å². The van der Waals surface area contributed by atoms with E-state index in [1.807, 2.05) is 0 Å². The maximum atomic E-state index is 12.1. The van der Waals surface area contributed by atoms with Gasteiger partial charge in [-0.15, -0.1) is 0 Å². The Kier molecular flexibility index (Phi) is 1.91. The molecule has 0 saturated heterocycles. The average Bonchev–Trinajstić information content (AvgIpc) is 1.92. The molecule has 1 heterocycles. The van der Waals surface area contributed by atoms with Crippen molar-refractivity contribution >= 4 is 5.82 Å². The van der Waals surface area contributed by atoms with E-state index in [1.54, 1.807) is 0 Å². The van der Waals surface area contributed by atoms with Crippen molar-refractivity contribution < 1.29 is 17.7 Å². The zero-order chi connectivity index (χ0) is 9.35. The third kappa shape index (κ3) is 1.63. The van der Waals surface area contributed by atoms with Gasteiger partial charge in [0.2, 0.25) is 11.5 Å². The molecule has 2 N–H and O–H groups in total. The maximum Gasteiger partial charge on any atom is 0.453 e. The van der Waals surface area contributed by atoms with Crippen molar-refractivity contribution in [1.82, 2.24) is 4.98 Å². The zero-order valence-corrected chi connectivity index (χ0v) is 6.26. The predicted molar refractivity (Wildman–Crippen MR) is 34.8 cm³/mol. The van der Waals surface area contributed by atoms with Gasteiger partial charge in [0.05, 0.1) is 13.1 Å². The second kappa shape index (κ2) is 2.62. The van der Waals surface area contributed by atoms with Gasteiger partial charge in [0.1, 0.15) is 0 Å². The summed E-state index contributed by atoms with van der Waals surface area (Å²) in [5.74, 6) is -0.138. The summed E-state index contributed by atoms with van der Waals surface area (Å²) < 4.78 is 37.2. The van der Waals surface area contributed by atoms with E-state index in [0.717, 1.165) is 17.0 Å². The SMILES string of the molecule is C[n+]1cnc(N)cc1C(F)(F)F. The van der Waals surface area contributed by atoms with Crippen LogP contribution in [0.2, 0.25) is 0 Å². The average molecular weight is 178 g/mol. The summed E-state index contributed by atoms with van der Waals surface area (Å²) in [5, 5.41) is 0. The van der Waals surface area contributed by atoms with Gasteiger partial charge in [-0.05, 0) is 4.98 Å². The summed E-state index contributed by atoms with van der Waals surface area (Å²) in [6.07, 6.45) is -3.36. The topological polar surface area (TPSA) is 42.8 Å². The van der Waals surface area contributed by atoms with Crippen LogP contribution in [0.15, 0.2) is 12.4 Å². The first-order chi connectivity index (χ1) is 5.41. The standard InChI is InChI=1S/C6H6F3N3/c1-12-3-11-5(10)2-4(12)6(7,8)9/h2-3,10H,1H3/p+1. The number of hydrogen-bond donors (Lipinski definition) is 1. The molecule has 1 rings (SSSR count). The van der Waals surface area contributed by atoms with Crippen molar-refractivity contribution in [3.05, 3.63) is 18.1 Å². The smallest absolute Gasteiger partial charge is 0.363 e. The highest BCUT2D eigenvalue weighted by atomic mass is 19.4. The highest BCUT2D eigenvalue weighted by Gasteiger charge is 2.37. The number of aromatic nitrogens is 2. The molecule has 0 aliphatic carbocycles. The van der Waals surface area contributed by atoms with Gasteiger partial charge in [0.15, 0.2) is 0 Å². The Morgan fingerprint density at radius 1 is 1.50 bits per heavy atom. The lowest BCUT2D eigenvalue weighted by atomic mass is 10.4. The minimum absolute atomic E-state index is 0.138. The molecule has 0 saturated carbocycles. The van der Waals surface area contributed by atoms with E-state index < -0.39 is 11.9 Å². The van der Waals surface area contributed by atoms with E-state index in [1.165, 1.54) is 7.05 Å². The normalized spacial score (nSPS) is 11.7. The molecular weight excluding hydrogens is 171 g/mol. The number of aryl methyl sites for hydroxylation is 1. The van der Waals surface area contributed by atoms with Crippen molar-refractivity contribution in [2.75, 3.05) is 5.73 Å². The van der Waals surface area contributed by atoms with Crippen molar-refractivity contribution in [1.29, 1.82) is 0 Å². The van der Waals surface area contributed by atoms with Gasteiger partial charge in [-0.3, -0.25) is 0 Å². The van der Waals surface area contributed by atoms with Crippen molar-refractivity contribution in [2.45, 2.75) is 6.18 Å². The molecular formula is C6H7F3N3+. The fourth-order valence-corrected chi connectivity index (χ4v) is 0.776. The van der Waals surface area contributed by atoms with Gasteiger partial charge in [-0.2, -0.15) is 13.2 Å². The Morgan fingerprint density at radius 2 is 2.08 bits per heavy atom. The maximum absolute atomic E-state index is 12.1. The lowest BCUT2D eigenvalue weighted by Crippen LogP contribution is -2.38. The van der Waals surface area contributed by atoms with E-state index in [9.17, 15) is 13.2 Å². The summed E-state index contributed by atoms with van der Waals surface area (Å²) in [6.45, 7) is 0. The first-order valence-electron chi connectivity index (χ1n) is 3.09. The molecule has 1 aromatic heterocycles. The molecule has 0 amide bonds. The van der Waals surface area contributed by atoms with Crippen LogP contribution < -0.4 is 10.3 Å². The summed E-state index contributed by atoms with van der Waals surface area (Å²) in [4.78, 5) is 3.49. The van der Waals surface area contributed by atoms with Crippen LogP contribution in [0.5, 0.6) is 0 Å². The molecule has 0 spiro atoms. The molecule has 0 fully saturated rings. The molecule has 0 aromatic carbocycles. The summed E-state index contributed by atoms with van der Waals surface area (Å²) >= 11 is 0. The summed E-state index contributed by atoms with van der Waals surface area (Å²) in [5.41, 5.74) is 4.29. The van der Waals surface area contributed by atoms with Gasteiger partial charge in [-0.1, -0.05) is 0 Å². The second-order valence-electron chi connectivity index (χ2n) is 2.31. The van der Waals surface area contributed by atoms with E-state index in [0.29, 0.717) is 0 Å². The van der Waals surface area contributed by atoms with Crippen LogP contribution in [0.4, 0.5) is 19.0 Å². The third-order valence-electron chi connectivity index (χ3n) is 1.34. The summed E-state index contributed by atoms with van der Waals surface area (Å²) in [7, 11) is 1.26. The molecule has 66 valence electrons. The first kappa shape index (κ1) is 8.76. The Balaban J connectivity index is 3.23. The van der Waals surface area contributed by atoms with Crippen LogP contribution in [0.25, 0.3) is 0 Å². The number of hydrogen-bond acceptors (Lipinski definition) is 2. The Labute approximate surface area is 66.6 Å². The van der Waals surface area contributed by atoms with Crippen molar-refractivity contribution in [3.63, 3.8) is 0 Å². The van der Waals surface area contributed by atoms with E-state index in [4.69, 9.17) is 5.73 Å². The number of nitrogens with zero attached hydrogens (tertiary/aromatic N) is 2. The first-order valence-corrected chi connectivity index (χ1v) is 3.09. The monoisotopic (exact) mass is 178 g/mol. The number of alkyl halides is 3.